The molecule has 0 bridgehead atoms. The van der Waals surface area contributed by atoms with E-state index in [1.807, 2.05) is 12.1 Å². The SMILES string of the molecule is CN1CCN(c2ccc(CCN3CCNCC3)cc2)C(=O)C1=O. The predicted octanol–water partition coefficient (Wildman–Crippen LogP) is -0.0607. The lowest BCUT2D eigenvalue weighted by molar-refractivity contribution is -0.145. The van der Waals surface area contributed by atoms with Gasteiger partial charge >= 0.3 is 11.8 Å². The van der Waals surface area contributed by atoms with Gasteiger partial charge in [-0.05, 0) is 24.1 Å². The molecule has 0 spiro atoms. The number of hydrogen-bond acceptors (Lipinski definition) is 4. The van der Waals surface area contributed by atoms with E-state index in [0.29, 0.717) is 13.1 Å². The lowest BCUT2D eigenvalue weighted by atomic mass is 10.1. The topological polar surface area (TPSA) is 55.9 Å². The van der Waals surface area contributed by atoms with Gasteiger partial charge in [-0.15, -0.1) is 0 Å². The van der Waals surface area contributed by atoms with Crippen LogP contribution in [-0.2, 0) is 16.0 Å². The molecule has 0 radical (unpaired) electrons. The average molecular weight is 316 g/mol. The van der Waals surface area contributed by atoms with Gasteiger partial charge in [0.2, 0.25) is 0 Å². The summed E-state index contributed by atoms with van der Waals surface area (Å²) < 4.78 is 0. The largest absolute Gasteiger partial charge is 0.336 e. The molecule has 1 N–H and O–H groups in total. The zero-order valence-electron chi connectivity index (χ0n) is 13.6. The minimum Gasteiger partial charge on any atom is -0.336 e. The van der Waals surface area contributed by atoms with E-state index in [2.05, 4.69) is 22.3 Å². The van der Waals surface area contributed by atoms with E-state index in [0.717, 1.165) is 44.8 Å². The summed E-state index contributed by atoms with van der Waals surface area (Å²) in [5.74, 6) is -0.869. The fraction of sp³-hybridized carbons (Fsp3) is 0.529. The van der Waals surface area contributed by atoms with Gasteiger partial charge in [-0.25, -0.2) is 0 Å². The van der Waals surface area contributed by atoms with Gasteiger partial charge in [-0.2, -0.15) is 0 Å². The number of anilines is 1. The van der Waals surface area contributed by atoms with Crippen molar-refractivity contribution in [2.24, 2.45) is 0 Å². The molecule has 0 aliphatic carbocycles. The molecule has 0 unspecified atom stereocenters. The third-order valence-corrected chi connectivity index (χ3v) is 4.61. The van der Waals surface area contributed by atoms with Crippen molar-refractivity contribution in [2.45, 2.75) is 6.42 Å². The average Bonchev–Trinajstić information content (AvgIpc) is 2.60. The maximum atomic E-state index is 12.1. The highest BCUT2D eigenvalue weighted by molar-refractivity contribution is 6.40. The van der Waals surface area contributed by atoms with E-state index >= 15 is 0 Å². The second-order valence-corrected chi connectivity index (χ2v) is 6.19. The lowest BCUT2D eigenvalue weighted by Crippen LogP contribution is -2.53. The second kappa shape index (κ2) is 7.10. The number of carbonyl (C=O) groups excluding carboxylic acids is 2. The lowest BCUT2D eigenvalue weighted by Gasteiger charge is -2.31. The molecule has 2 heterocycles. The molecule has 2 aliphatic heterocycles. The zero-order chi connectivity index (χ0) is 16.2. The molecule has 2 saturated heterocycles. The number of nitrogens with one attached hydrogen (secondary N) is 1. The Morgan fingerprint density at radius 2 is 1.65 bits per heavy atom. The summed E-state index contributed by atoms with van der Waals surface area (Å²) in [4.78, 5) is 29.4. The number of benzene rings is 1. The first-order valence-electron chi connectivity index (χ1n) is 8.24. The number of amides is 2. The van der Waals surface area contributed by atoms with Crippen LogP contribution < -0.4 is 10.2 Å². The Kier molecular flexibility index (Phi) is 4.93. The van der Waals surface area contributed by atoms with E-state index in [9.17, 15) is 9.59 Å². The van der Waals surface area contributed by atoms with Gasteiger partial charge in [0.25, 0.3) is 0 Å². The smallest absolute Gasteiger partial charge is 0.316 e. The Morgan fingerprint density at radius 1 is 0.957 bits per heavy atom. The molecule has 3 rings (SSSR count). The number of likely N-dealkylation sites (N-methyl/N-ethyl adjacent to an activating group) is 1. The molecule has 0 saturated carbocycles. The number of hydrogen-bond donors (Lipinski definition) is 1. The van der Waals surface area contributed by atoms with Crippen LogP contribution in [0, 0.1) is 0 Å². The molecular weight excluding hydrogens is 292 g/mol. The van der Waals surface area contributed by atoms with Crippen LogP contribution in [0.1, 0.15) is 5.56 Å². The molecular formula is C17H24N4O2. The quantitative estimate of drug-likeness (QED) is 0.791. The molecule has 6 heteroatoms. The third-order valence-electron chi connectivity index (χ3n) is 4.61. The predicted molar refractivity (Wildman–Crippen MR) is 89.4 cm³/mol. The first-order chi connectivity index (χ1) is 11.1. The highest BCUT2D eigenvalue weighted by Crippen LogP contribution is 2.18. The van der Waals surface area contributed by atoms with Gasteiger partial charge in [0.05, 0.1) is 0 Å². The van der Waals surface area contributed by atoms with Crippen LogP contribution in [0.2, 0.25) is 0 Å². The van der Waals surface area contributed by atoms with Crippen molar-refractivity contribution < 1.29 is 9.59 Å². The van der Waals surface area contributed by atoms with Gasteiger partial charge in [-0.3, -0.25) is 9.59 Å². The molecule has 1 aromatic carbocycles. The Morgan fingerprint density at radius 3 is 2.35 bits per heavy atom. The van der Waals surface area contributed by atoms with Crippen molar-refractivity contribution >= 4 is 17.5 Å². The first kappa shape index (κ1) is 16.0. The monoisotopic (exact) mass is 316 g/mol. The molecule has 0 atom stereocenters. The highest BCUT2D eigenvalue weighted by Gasteiger charge is 2.31. The Balaban J connectivity index is 1.58. The molecule has 2 amide bonds. The molecule has 124 valence electrons. The van der Waals surface area contributed by atoms with Crippen molar-refractivity contribution in [3.8, 4) is 0 Å². The van der Waals surface area contributed by atoms with Crippen LogP contribution in [0.3, 0.4) is 0 Å². The van der Waals surface area contributed by atoms with Crippen molar-refractivity contribution in [3.63, 3.8) is 0 Å². The first-order valence-corrected chi connectivity index (χ1v) is 8.24. The zero-order valence-corrected chi connectivity index (χ0v) is 13.6. The molecule has 2 aliphatic rings. The molecule has 2 fully saturated rings. The maximum Gasteiger partial charge on any atom is 0.316 e. The van der Waals surface area contributed by atoms with E-state index in [1.165, 1.54) is 10.5 Å². The van der Waals surface area contributed by atoms with Gasteiger partial charge in [0, 0.05) is 58.5 Å². The maximum absolute atomic E-state index is 12.1. The summed E-state index contributed by atoms with van der Waals surface area (Å²) in [6.07, 6.45) is 1.01. The summed E-state index contributed by atoms with van der Waals surface area (Å²) in [7, 11) is 1.66. The highest BCUT2D eigenvalue weighted by atomic mass is 16.2. The molecule has 23 heavy (non-hydrogen) atoms. The van der Waals surface area contributed by atoms with Crippen LogP contribution in [0.5, 0.6) is 0 Å². The summed E-state index contributed by atoms with van der Waals surface area (Å²) in [5.41, 5.74) is 2.07. The second-order valence-electron chi connectivity index (χ2n) is 6.19. The number of nitrogens with zero attached hydrogens (tertiary/aromatic N) is 3. The van der Waals surface area contributed by atoms with Crippen LogP contribution in [0.15, 0.2) is 24.3 Å². The summed E-state index contributed by atoms with van der Waals surface area (Å²) >= 11 is 0. The summed E-state index contributed by atoms with van der Waals surface area (Å²) in [5, 5.41) is 3.36. The Hall–Kier alpha value is -1.92. The van der Waals surface area contributed by atoms with Gasteiger partial charge in [0.15, 0.2) is 0 Å². The van der Waals surface area contributed by atoms with E-state index < -0.39 is 11.8 Å². The Bertz CT molecular complexity index is 566. The summed E-state index contributed by atoms with van der Waals surface area (Å²) in [6, 6.07) is 8.02. The van der Waals surface area contributed by atoms with Crippen molar-refractivity contribution in [1.29, 1.82) is 0 Å². The van der Waals surface area contributed by atoms with E-state index in [1.54, 1.807) is 11.9 Å². The van der Waals surface area contributed by atoms with Gasteiger partial charge < -0.3 is 20.0 Å². The van der Waals surface area contributed by atoms with E-state index in [4.69, 9.17) is 0 Å². The standard InChI is InChI=1S/C17H24N4O2/c1-19-12-13-21(17(23)16(19)22)15-4-2-14(3-5-15)6-9-20-10-7-18-8-11-20/h2-5,18H,6-13H2,1H3. The molecule has 0 aromatic heterocycles. The van der Waals surface area contributed by atoms with Crippen molar-refractivity contribution in [1.82, 2.24) is 15.1 Å². The minimum absolute atomic E-state index is 0.431. The van der Waals surface area contributed by atoms with Crippen LogP contribution >= 0.6 is 0 Å². The van der Waals surface area contributed by atoms with Gasteiger partial charge in [0.1, 0.15) is 0 Å². The van der Waals surface area contributed by atoms with Gasteiger partial charge in [-0.1, -0.05) is 12.1 Å². The van der Waals surface area contributed by atoms with Crippen molar-refractivity contribution in [2.75, 3.05) is 57.8 Å². The van der Waals surface area contributed by atoms with Crippen LogP contribution in [0.25, 0.3) is 0 Å². The fourth-order valence-electron chi connectivity index (χ4n) is 3.04. The molecule has 6 nitrogen and oxygen atoms in total. The number of piperazine rings is 2. The Labute approximate surface area is 137 Å². The van der Waals surface area contributed by atoms with Crippen LogP contribution in [-0.4, -0.2) is 74.5 Å². The van der Waals surface area contributed by atoms with Crippen molar-refractivity contribution in [3.05, 3.63) is 29.8 Å². The number of rotatable bonds is 4. The summed E-state index contributed by atoms with van der Waals surface area (Å²) in [6.45, 7) is 6.55. The number of carbonyl (C=O) groups is 2. The minimum atomic E-state index is -0.438. The van der Waals surface area contributed by atoms with Crippen LogP contribution in [0.4, 0.5) is 5.69 Å². The van der Waals surface area contributed by atoms with E-state index in [-0.39, 0.29) is 0 Å². The third kappa shape index (κ3) is 3.71. The normalized spacial score (nSPS) is 20.2. The fourth-order valence-corrected chi connectivity index (χ4v) is 3.04. The molecule has 1 aromatic rings.